The maximum Gasteiger partial charge on any atom is 0.266 e. The Morgan fingerprint density at radius 2 is 2.00 bits per heavy atom. The van der Waals surface area contributed by atoms with Crippen molar-refractivity contribution >= 4 is 17.5 Å². The number of hydrogen-bond donors (Lipinski definition) is 1. The first kappa shape index (κ1) is 17.5. The van der Waals surface area contributed by atoms with Crippen LogP contribution in [0.3, 0.4) is 0 Å². The van der Waals surface area contributed by atoms with Gasteiger partial charge >= 0.3 is 0 Å². The highest BCUT2D eigenvalue weighted by atomic mass is 35.5. The average molecular weight is 384 g/mol. The third-order valence-electron chi connectivity index (χ3n) is 4.58. The van der Waals surface area contributed by atoms with Gasteiger partial charge in [0, 0.05) is 32.1 Å². The van der Waals surface area contributed by atoms with Gasteiger partial charge < -0.3 is 9.88 Å². The summed E-state index contributed by atoms with van der Waals surface area (Å²) in [6.45, 7) is 1.65. The SMILES string of the molecule is O=C(c1c[nH]c(=O)c(Cl)c1)N1CCc2nc(Cc3ccccc3)nn2CC1. The van der Waals surface area contributed by atoms with Crippen molar-refractivity contribution < 1.29 is 4.79 Å². The number of aromatic amines is 1. The van der Waals surface area contributed by atoms with Gasteiger partial charge in [0.25, 0.3) is 11.5 Å². The fourth-order valence-corrected chi connectivity index (χ4v) is 3.34. The first-order valence-electron chi connectivity index (χ1n) is 8.74. The summed E-state index contributed by atoms with van der Waals surface area (Å²) in [6.07, 6.45) is 2.72. The summed E-state index contributed by atoms with van der Waals surface area (Å²) in [7, 11) is 0. The number of fused-ring (bicyclic) bond motifs is 1. The Kier molecular flexibility index (Phi) is 4.77. The normalized spacial score (nSPS) is 13.9. The fourth-order valence-electron chi connectivity index (χ4n) is 3.17. The second kappa shape index (κ2) is 7.36. The van der Waals surface area contributed by atoms with E-state index in [9.17, 15) is 9.59 Å². The van der Waals surface area contributed by atoms with Crippen molar-refractivity contribution in [1.29, 1.82) is 0 Å². The van der Waals surface area contributed by atoms with Crippen molar-refractivity contribution in [3.63, 3.8) is 0 Å². The minimum Gasteiger partial charge on any atom is -0.336 e. The van der Waals surface area contributed by atoms with Crippen molar-refractivity contribution in [1.82, 2.24) is 24.6 Å². The first-order chi connectivity index (χ1) is 13.1. The summed E-state index contributed by atoms with van der Waals surface area (Å²) in [5.74, 6) is 1.52. The monoisotopic (exact) mass is 383 g/mol. The average Bonchev–Trinajstić information content (AvgIpc) is 2.95. The Balaban J connectivity index is 1.46. The highest BCUT2D eigenvalue weighted by molar-refractivity contribution is 6.30. The van der Waals surface area contributed by atoms with E-state index in [-0.39, 0.29) is 10.9 Å². The maximum atomic E-state index is 12.7. The van der Waals surface area contributed by atoms with E-state index in [4.69, 9.17) is 11.6 Å². The van der Waals surface area contributed by atoms with Crippen LogP contribution in [-0.4, -0.2) is 43.6 Å². The lowest BCUT2D eigenvalue weighted by molar-refractivity contribution is 0.0757. The summed E-state index contributed by atoms with van der Waals surface area (Å²) in [6, 6.07) is 11.5. The number of rotatable bonds is 3. The molecule has 0 aliphatic carbocycles. The van der Waals surface area contributed by atoms with Gasteiger partial charge in [-0.15, -0.1) is 0 Å². The molecule has 1 aromatic carbocycles. The standard InChI is InChI=1S/C19H18ClN5O2/c20-15-11-14(12-21-18(15)26)19(27)24-7-6-17-22-16(23-25(17)9-8-24)10-13-4-2-1-3-5-13/h1-5,11-12H,6-10H2,(H,21,26). The number of carbonyl (C=O) groups excluding carboxylic acids is 1. The second-order valence-electron chi connectivity index (χ2n) is 6.44. The van der Waals surface area contributed by atoms with E-state index < -0.39 is 5.56 Å². The third kappa shape index (κ3) is 3.78. The van der Waals surface area contributed by atoms with Crippen LogP contribution in [0.4, 0.5) is 0 Å². The molecule has 0 atom stereocenters. The summed E-state index contributed by atoms with van der Waals surface area (Å²) in [4.78, 5) is 32.9. The van der Waals surface area contributed by atoms with Gasteiger partial charge in [-0.25, -0.2) is 9.67 Å². The molecule has 0 bridgehead atoms. The van der Waals surface area contributed by atoms with Crippen LogP contribution in [-0.2, 0) is 19.4 Å². The number of aromatic nitrogens is 4. The number of hydrogen-bond acceptors (Lipinski definition) is 4. The Hall–Kier alpha value is -2.93. The van der Waals surface area contributed by atoms with E-state index in [0.717, 1.165) is 11.6 Å². The number of carbonyl (C=O) groups is 1. The van der Waals surface area contributed by atoms with E-state index in [0.29, 0.717) is 38.0 Å². The minimum absolute atomic E-state index is 0.0100. The Labute approximate surface area is 160 Å². The van der Waals surface area contributed by atoms with E-state index in [1.54, 1.807) is 4.90 Å². The van der Waals surface area contributed by atoms with Gasteiger partial charge in [0.2, 0.25) is 0 Å². The van der Waals surface area contributed by atoms with E-state index >= 15 is 0 Å². The first-order valence-corrected chi connectivity index (χ1v) is 9.12. The Bertz CT molecular complexity index is 1000. The Morgan fingerprint density at radius 3 is 2.78 bits per heavy atom. The van der Waals surface area contributed by atoms with Crippen LogP contribution < -0.4 is 5.56 Å². The maximum absolute atomic E-state index is 12.7. The largest absolute Gasteiger partial charge is 0.336 e. The van der Waals surface area contributed by atoms with Gasteiger partial charge in [0.05, 0.1) is 12.1 Å². The van der Waals surface area contributed by atoms with Gasteiger partial charge in [0.15, 0.2) is 5.82 Å². The predicted octanol–water partition coefficient (Wildman–Crippen LogP) is 1.91. The van der Waals surface area contributed by atoms with Gasteiger partial charge in [0.1, 0.15) is 10.8 Å². The molecule has 0 saturated carbocycles. The predicted molar refractivity (Wildman–Crippen MR) is 101 cm³/mol. The molecular weight excluding hydrogens is 366 g/mol. The van der Waals surface area contributed by atoms with Crippen molar-refractivity contribution in [3.8, 4) is 0 Å². The van der Waals surface area contributed by atoms with Crippen LogP contribution >= 0.6 is 11.6 Å². The second-order valence-corrected chi connectivity index (χ2v) is 6.84. The molecular formula is C19H18ClN5O2. The minimum atomic E-state index is -0.403. The van der Waals surface area contributed by atoms with Crippen LogP contribution in [0.2, 0.25) is 5.02 Å². The van der Waals surface area contributed by atoms with Gasteiger partial charge in [-0.1, -0.05) is 41.9 Å². The molecule has 138 valence electrons. The smallest absolute Gasteiger partial charge is 0.266 e. The molecule has 0 radical (unpaired) electrons. The molecule has 0 fully saturated rings. The number of amides is 1. The topological polar surface area (TPSA) is 83.9 Å². The van der Waals surface area contributed by atoms with E-state index in [1.165, 1.54) is 17.8 Å². The summed E-state index contributed by atoms with van der Waals surface area (Å²) >= 11 is 5.83. The molecule has 3 heterocycles. The quantitative estimate of drug-likeness (QED) is 0.748. The highest BCUT2D eigenvalue weighted by Gasteiger charge is 2.22. The van der Waals surface area contributed by atoms with Crippen LogP contribution in [0.25, 0.3) is 0 Å². The zero-order valence-electron chi connectivity index (χ0n) is 14.6. The molecule has 8 heteroatoms. The number of benzene rings is 1. The Morgan fingerprint density at radius 1 is 1.19 bits per heavy atom. The summed E-state index contributed by atoms with van der Waals surface area (Å²) < 4.78 is 1.88. The van der Waals surface area contributed by atoms with Crippen LogP contribution in [0, 0.1) is 0 Å². The lowest BCUT2D eigenvalue weighted by Crippen LogP contribution is -2.34. The van der Waals surface area contributed by atoms with Crippen molar-refractivity contribution in [2.24, 2.45) is 0 Å². The zero-order chi connectivity index (χ0) is 18.8. The third-order valence-corrected chi connectivity index (χ3v) is 4.86. The number of nitrogens with one attached hydrogen (secondary N) is 1. The highest BCUT2D eigenvalue weighted by Crippen LogP contribution is 2.13. The lowest BCUT2D eigenvalue weighted by atomic mass is 10.1. The molecule has 2 aromatic heterocycles. The number of nitrogens with zero attached hydrogens (tertiary/aromatic N) is 4. The molecule has 0 unspecified atom stereocenters. The van der Waals surface area contributed by atoms with E-state index in [2.05, 4.69) is 27.2 Å². The van der Waals surface area contributed by atoms with Crippen LogP contribution in [0.15, 0.2) is 47.4 Å². The molecule has 3 aromatic rings. The summed E-state index contributed by atoms with van der Waals surface area (Å²) in [5, 5.41) is 4.61. The molecule has 0 spiro atoms. The van der Waals surface area contributed by atoms with Gasteiger partial charge in [-0.2, -0.15) is 5.10 Å². The molecule has 1 aliphatic heterocycles. The molecule has 1 N–H and O–H groups in total. The molecule has 1 aliphatic rings. The molecule has 27 heavy (non-hydrogen) atoms. The van der Waals surface area contributed by atoms with Crippen molar-refractivity contribution in [3.05, 3.63) is 80.7 Å². The van der Waals surface area contributed by atoms with Crippen LogP contribution in [0.5, 0.6) is 0 Å². The van der Waals surface area contributed by atoms with E-state index in [1.807, 2.05) is 22.9 Å². The number of halogens is 1. The number of H-pyrrole nitrogens is 1. The van der Waals surface area contributed by atoms with Crippen molar-refractivity contribution in [2.45, 2.75) is 19.4 Å². The summed E-state index contributed by atoms with van der Waals surface area (Å²) in [5.41, 5.74) is 1.14. The zero-order valence-corrected chi connectivity index (χ0v) is 15.3. The lowest BCUT2D eigenvalue weighted by Gasteiger charge is -2.19. The number of pyridine rings is 1. The van der Waals surface area contributed by atoms with Gasteiger partial charge in [-0.3, -0.25) is 9.59 Å². The van der Waals surface area contributed by atoms with Crippen molar-refractivity contribution in [2.75, 3.05) is 13.1 Å². The molecule has 7 nitrogen and oxygen atoms in total. The molecule has 0 saturated heterocycles. The fraction of sp³-hybridized carbons (Fsp3) is 0.263. The molecule has 4 rings (SSSR count). The van der Waals surface area contributed by atoms with Gasteiger partial charge in [-0.05, 0) is 11.6 Å². The molecule has 1 amide bonds. The van der Waals surface area contributed by atoms with Crippen LogP contribution in [0.1, 0.15) is 27.6 Å².